The van der Waals surface area contributed by atoms with Gasteiger partial charge in [0.15, 0.2) is 6.10 Å². The first-order chi connectivity index (χ1) is 10.3. The van der Waals surface area contributed by atoms with E-state index in [0.29, 0.717) is 18.7 Å². The highest BCUT2D eigenvalue weighted by molar-refractivity contribution is 5.85. The summed E-state index contributed by atoms with van der Waals surface area (Å²) in [4.78, 5) is 12.6. The van der Waals surface area contributed by atoms with Crippen molar-refractivity contribution >= 4 is 18.3 Å². The van der Waals surface area contributed by atoms with E-state index in [1.165, 1.54) is 12.8 Å². The molecular formula is C17H25ClN2O2. The molecule has 0 spiro atoms. The van der Waals surface area contributed by atoms with Gasteiger partial charge in [-0.15, -0.1) is 12.4 Å². The first-order valence-electron chi connectivity index (χ1n) is 7.99. The highest BCUT2D eigenvalue weighted by atomic mass is 35.5. The Kier molecular flexibility index (Phi) is 6.24. The fourth-order valence-electron chi connectivity index (χ4n) is 3.57. The molecule has 2 bridgehead atoms. The van der Waals surface area contributed by atoms with Crippen LogP contribution in [0.1, 0.15) is 44.3 Å². The van der Waals surface area contributed by atoms with Crippen molar-refractivity contribution in [1.29, 1.82) is 0 Å². The Bertz CT molecular complexity index is 471. The average Bonchev–Trinajstić information content (AvgIpc) is 2.84. The van der Waals surface area contributed by atoms with Crippen molar-refractivity contribution in [3.8, 4) is 0 Å². The van der Waals surface area contributed by atoms with E-state index in [4.69, 9.17) is 4.74 Å². The minimum absolute atomic E-state index is 0. The van der Waals surface area contributed by atoms with Crippen molar-refractivity contribution in [2.24, 2.45) is 0 Å². The number of ether oxygens (including phenoxy) is 1. The van der Waals surface area contributed by atoms with Gasteiger partial charge in [-0.2, -0.15) is 0 Å². The predicted molar refractivity (Wildman–Crippen MR) is 89.2 cm³/mol. The van der Waals surface area contributed by atoms with Crippen molar-refractivity contribution in [3.05, 3.63) is 35.9 Å². The molecule has 5 heteroatoms. The number of fused-ring (bicyclic) bond motifs is 2. The Balaban J connectivity index is 0.00000176. The molecule has 0 aromatic heterocycles. The number of piperidine rings is 1. The van der Waals surface area contributed by atoms with Crippen molar-refractivity contribution < 1.29 is 9.53 Å². The molecular weight excluding hydrogens is 300 g/mol. The minimum Gasteiger partial charge on any atom is -0.364 e. The second-order valence-electron chi connectivity index (χ2n) is 6.06. The first kappa shape index (κ1) is 17.3. The Morgan fingerprint density at radius 1 is 1.27 bits per heavy atom. The van der Waals surface area contributed by atoms with Crippen LogP contribution < -0.4 is 10.6 Å². The summed E-state index contributed by atoms with van der Waals surface area (Å²) in [5.41, 5.74) is 0.925. The van der Waals surface area contributed by atoms with Gasteiger partial charge in [-0.05, 0) is 38.2 Å². The van der Waals surface area contributed by atoms with Gasteiger partial charge in [0.1, 0.15) is 0 Å². The zero-order valence-electron chi connectivity index (χ0n) is 13.0. The third-order valence-corrected chi connectivity index (χ3v) is 4.49. The third kappa shape index (κ3) is 4.00. The van der Waals surface area contributed by atoms with Crippen LogP contribution in [0.3, 0.4) is 0 Å². The number of benzene rings is 1. The normalized spacial score (nSPS) is 27.8. The van der Waals surface area contributed by atoms with Crippen molar-refractivity contribution in [1.82, 2.24) is 10.6 Å². The maximum atomic E-state index is 12.6. The monoisotopic (exact) mass is 324 g/mol. The van der Waals surface area contributed by atoms with Crippen LogP contribution in [0.25, 0.3) is 0 Å². The minimum atomic E-state index is -0.497. The molecule has 3 unspecified atom stereocenters. The van der Waals surface area contributed by atoms with E-state index in [1.807, 2.05) is 37.3 Å². The molecule has 122 valence electrons. The van der Waals surface area contributed by atoms with E-state index in [1.54, 1.807) is 0 Å². The number of hydrogen-bond acceptors (Lipinski definition) is 3. The lowest BCUT2D eigenvalue weighted by atomic mass is 9.99. The Labute approximate surface area is 138 Å². The molecule has 2 N–H and O–H groups in total. The summed E-state index contributed by atoms with van der Waals surface area (Å²) in [5, 5.41) is 6.80. The molecule has 1 aromatic carbocycles. The molecule has 1 aromatic rings. The molecule has 0 radical (unpaired) electrons. The molecule has 3 rings (SSSR count). The Morgan fingerprint density at radius 3 is 2.50 bits per heavy atom. The first-order valence-corrected chi connectivity index (χ1v) is 7.99. The number of hydrogen-bond donors (Lipinski definition) is 2. The Morgan fingerprint density at radius 2 is 1.91 bits per heavy atom. The maximum absolute atomic E-state index is 12.6. The van der Waals surface area contributed by atoms with E-state index in [2.05, 4.69) is 10.6 Å². The lowest BCUT2D eigenvalue weighted by Gasteiger charge is -2.31. The van der Waals surface area contributed by atoms with E-state index in [-0.39, 0.29) is 24.4 Å². The van der Waals surface area contributed by atoms with Crippen LogP contribution in [0.4, 0.5) is 0 Å². The van der Waals surface area contributed by atoms with Crippen molar-refractivity contribution in [2.45, 2.75) is 56.8 Å². The zero-order valence-corrected chi connectivity index (χ0v) is 13.8. The second-order valence-corrected chi connectivity index (χ2v) is 6.06. The largest absolute Gasteiger partial charge is 0.364 e. The molecule has 2 heterocycles. The van der Waals surface area contributed by atoms with Crippen LogP contribution in [0.15, 0.2) is 30.3 Å². The van der Waals surface area contributed by atoms with Gasteiger partial charge in [0.05, 0.1) is 0 Å². The number of halogens is 1. The summed E-state index contributed by atoms with van der Waals surface area (Å²) in [6, 6.07) is 11.2. The van der Waals surface area contributed by atoms with Crippen LogP contribution in [-0.2, 0) is 9.53 Å². The fraction of sp³-hybridized carbons (Fsp3) is 0.588. The predicted octanol–water partition coefficient (Wildman–Crippen LogP) is 2.59. The molecule has 0 aliphatic carbocycles. The SMILES string of the molecule is CCOC(C(=O)NC1CC2CCC(C1)N2)c1ccccc1.Cl. The summed E-state index contributed by atoms with van der Waals surface area (Å²) in [5.74, 6) is -0.00523. The summed E-state index contributed by atoms with van der Waals surface area (Å²) in [6.45, 7) is 2.46. The van der Waals surface area contributed by atoms with E-state index in [0.717, 1.165) is 18.4 Å². The number of carbonyl (C=O) groups is 1. The number of carbonyl (C=O) groups excluding carboxylic acids is 1. The molecule has 3 atom stereocenters. The summed E-state index contributed by atoms with van der Waals surface area (Å²) >= 11 is 0. The maximum Gasteiger partial charge on any atom is 0.253 e. The Hall–Kier alpha value is -1.10. The standard InChI is InChI=1S/C17H24N2O2.ClH/c1-2-21-16(12-6-4-3-5-7-12)17(20)19-15-10-13-8-9-14(11-15)18-13;/h3-7,13-16,18H,2,8-11H2,1H3,(H,19,20);1H. The van der Waals surface area contributed by atoms with E-state index < -0.39 is 6.10 Å². The molecule has 2 aliphatic heterocycles. The zero-order chi connectivity index (χ0) is 14.7. The van der Waals surface area contributed by atoms with Gasteiger partial charge in [0, 0.05) is 24.7 Å². The summed E-state index contributed by atoms with van der Waals surface area (Å²) in [7, 11) is 0. The lowest BCUT2D eigenvalue weighted by Crippen LogP contribution is -2.49. The van der Waals surface area contributed by atoms with E-state index >= 15 is 0 Å². The van der Waals surface area contributed by atoms with Crippen LogP contribution >= 0.6 is 12.4 Å². The smallest absolute Gasteiger partial charge is 0.253 e. The van der Waals surface area contributed by atoms with Gasteiger partial charge >= 0.3 is 0 Å². The summed E-state index contributed by atoms with van der Waals surface area (Å²) in [6.07, 6.45) is 4.06. The second kappa shape index (κ2) is 7.95. The average molecular weight is 325 g/mol. The molecule has 4 nitrogen and oxygen atoms in total. The highest BCUT2D eigenvalue weighted by Crippen LogP contribution is 2.27. The molecule has 0 saturated carbocycles. The number of rotatable bonds is 5. The molecule has 1 amide bonds. The molecule has 2 fully saturated rings. The van der Waals surface area contributed by atoms with Gasteiger partial charge in [0.25, 0.3) is 5.91 Å². The number of nitrogens with one attached hydrogen (secondary N) is 2. The van der Waals surface area contributed by atoms with Crippen LogP contribution in [0.5, 0.6) is 0 Å². The van der Waals surface area contributed by atoms with Gasteiger partial charge in [0.2, 0.25) is 0 Å². The molecule has 22 heavy (non-hydrogen) atoms. The van der Waals surface area contributed by atoms with Gasteiger partial charge < -0.3 is 15.4 Å². The molecule has 2 saturated heterocycles. The quantitative estimate of drug-likeness (QED) is 0.875. The summed E-state index contributed by atoms with van der Waals surface area (Å²) < 4.78 is 5.67. The topological polar surface area (TPSA) is 50.4 Å². The van der Waals surface area contributed by atoms with Gasteiger partial charge in [-0.1, -0.05) is 30.3 Å². The van der Waals surface area contributed by atoms with Crippen LogP contribution in [0.2, 0.25) is 0 Å². The highest BCUT2D eigenvalue weighted by Gasteiger charge is 2.35. The van der Waals surface area contributed by atoms with Crippen LogP contribution in [0, 0.1) is 0 Å². The fourth-order valence-corrected chi connectivity index (χ4v) is 3.57. The number of amides is 1. The molecule has 2 aliphatic rings. The third-order valence-electron chi connectivity index (χ3n) is 4.49. The lowest BCUT2D eigenvalue weighted by molar-refractivity contribution is -0.134. The van der Waals surface area contributed by atoms with Gasteiger partial charge in [-0.25, -0.2) is 0 Å². The van der Waals surface area contributed by atoms with E-state index in [9.17, 15) is 4.79 Å². The van der Waals surface area contributed by atoms with Crippen LogP contribution in [-0.4, -0.2) is 30.6 Å². The van der Waals surface area contributed by atoms with Gasteiger partial charge in [-0.3, -0.25) is 4.79 Å². The van der Waals surface area contributed by atoms with Crippen molar-refractivity contribution in [2.75, 3.05) is 6.61 Å². The van der Waals surface area contributed by atoms with Crippen molar-refractivity contribution in [3.63, 3.8) is 0 Å².